The van der Waals surface area contributed by atoms with Crippen LogP contribution < -0.4 is 5.32 Å². The quantitative estimate of drug-likeness (QED) is 0.859. The highest BCUT2D eigenvalue weighted by Gasteiger charge is 2.44. The molecule has 5 rings (SSSR count). The van der Waals surface area contributed by atoms with Crippen LogP contribution in [0.5, 0.6) is 0 Å². The van der Waals surface area contributed by atoms with E-state index >= 15 is 0 Å². The van der Waals surface area contributed by atoms with E-state index in [4.69, 9.17) is 0 Å². The lowest BCUT2D eigenvalue weighted by Gasteiger charge is -2.38. The monoisotopic (exact) mass is 285 g/mol. The van der Waals surface area contributed by atoms with Crippen LogP contribution in [0.3, 0.4) is 0 Å². The summed E-state index contributed by atoms with van der Waals surface area (Å²) >= 11 is 0. The van der Waals surface area contributed by atoms with E-state index in [2.05, 4.69) is 15.2 Å². The minimum absolute atomic E-state index is 0.0509. The number of urea groups is 1. The van der Waals surface area contributed by atoms with Gasteiger partial charge in [0.2, 0.25) is 0 Å². The van der Waals surface area contributed by atoms with Crippen LogP contribution in [-0.4, -0.2) is 28.5 Å². The molecule has 112 valence electrons. The van der Waals surface area contributed by atoms with E-state index in [1.807, 2.05) is 19.1 Å². The Morgan fingerprint density at radius 3 is 2.62 bits per heavy atom. The fourth-order valence-electron chi connectivity index (χ4n) is 4.82. The molecule has 1 aromatic rings. The maximum absolute atomic E-state index is 12.7. The Balaban J connectivity index is 1.53. The summed E-state index contributed by atoms with van der Waals surface area (Å²) in [5.41, 5.74) is 1.02. The van der Waals surface area contributed by atoms with Crippen molar-refractivity contribution in [2.24, 2.45) is 17.8 Å². The van der Waals surface area contributed by atoms with Crippen molar-refractivity contribution in [2.75, 3.05) is 11.9 Å². The Kier molecular flexibility index (Phi) is 3.12. The summed E-state index contributed by atoms with van der Waals surface area (Å²) in [5, 5.41) is 3.03. The fraction of sp³-hybridized carbons (Fsp3) is 0.647. The molecule has 2 saturated carbocycles. The number of nitrogens with one attached hydrogen (secondary N) is 1. The van der Waals surface area contributed by atoms with E-state index in [1.54, 1.807) is 6.20 Å². The number of aryl methyl sites for hydroxylation is 1. The number of fused-ring (bicyclic) bond motifs is 1. The molecule has 2 atom stereocenters. The zero-order valence-electron chi connectivity index (χ0n) is 12.6. The van der Waals surface area contributed by atoms with Crippen LogP contribution in [0.1, 0.15) is 37.7 Å². The molecule has 2 aliphatic carbocycles. The zero-order chi connectivity index (χ0) is 14.4. The summed E-state index contributed by atoms with van der Waals surface area (Å²) < 4.78 is 0. The number of rotatable bonds is 1. The number of carbonyl (C=O) groups is 1. The van der Waals surface area contributed by atoms with E-state index in [0.29, 0.717) is 11.9 Å². The van der Waals surface area contributed by atoms with Crippen molar-refractivity contribution in [3.8, 4) is 0 Å². The standard InChI is InChI=1S/C17H23N3O/c1-11-3-2-4-18-16(11)19-17(21)20-10-14-6-12-5-13(7-14)9-15(20)8-12/h2-4,12-15H,5-10H2,1H3,(H,18,19,21). The third-order valence-corrected chi connectivity index (χ3v) is 5.60. The number of pyridine rings is 1. The largest absolute Gasteiger partial charge is 0.323 e. The molecule has 1 aromatic heterocycles. The number of nitrogens with zero attached hydrogens (tertiary/aromatic N) is 2. The molecule has 0 spiro atoms. The first kappa shape index (κ1) is 13.1. The van der Waals surface area contributed by atoms with Gasteiger partial charge in [0.15, 0.2) is 0 Å². The minimum Gasteiger partial charge on any atom is -0.321 e. The number of amides is 2. The molecular formula is C17H23N3O. The predicted molar refractivity (Wildman–Crippen MR) is 82.0 cm³/mol. The van der Waals surface area contributed by atoms with Gasteiger partial charge in [-0.15, -0.1) is 0 Å². The van der Waals surface area contributed by atoms with Gasteiger partial charge >= 0.3 is 6.03 Å². The highest BCUT2D eigenvalue weighted by Crippen LogP contribution is 2.47. The van der Waals surface area contributed by atoms with E-state index < -0.39 is 0 Å². The molecule has 2 unspecified atom stereocenters. The van der Waals surface area contributed by atoms with Crippen molar-refractivity contribution >= 4 is 11.8 Å². The zero-order valence-corrected chi connectivity index (χ0v) is 12.6. The molecule has 4 nitrogen and oxygen atoms in total. The Morgan fingerprint density at radius 2 is 1.90 bits per heavy atom. The molecule has 3 heterocycles. The van der Waals surface area contributed by atoms with Crippen molar-refractivity contribution in [3.05, 3.63) is 23.9 Å². The van der Waals surface area contributed by atoms with Crippen LogP contribution in [0.2, 0.25) is 0 Å². The maximum atomic E-state index is 12.7. The van der Waals surface area contributed by atoms with E-state index in [-0.39, 0.29) is 6.03 Å². The van der Waals surface area contributed by atoms with E-state index in [0.717, 1.165) is 29.9 Å². The number of carbonyl (C=O) groups excluding carboxylic acids is 1. The highest BCUT2D eigenvalue weighted by molar-refractivity contribution is 5.89. The van der Waals surface area contributed by atoms with Gasteiger partial charge < -0.3 is 4.90 Å². The second-order valence-electron chi connectivity index (χ2n) is 7.18. The molecule has 4 fully saturated rings. The van der Waals surface area contributed by atoms with E-state index in [1.165, 1.54) is 32.1 Å². The van der Waals surface area contributed by atoms with Gasteiger partial charge in [-0.05, 0) is 68.4 Å². The third-order valence-electron chi connectivity index (χ3n) is 5.60. The van der Waals surface area contributed by atoms with Gasteiger partial charge in [0.05, 0.1) is 0 Å². The molecule has 4 aliphatic rings. The second-order valence-corrected chi connectivity index (χ2v) is 7.18. The van der Waals surface area contributed by atoms with Gasteiger partial charge in [-0.2, -0.15) is 0 Å². The van der Waals surface area contributed by atoms with Gasteiger partial charge in [-0.3, -0.25) is 5.32 Å². The lowest BCUT2D eigenvalue weighted by molar-refractivity contribution is 0.136. The lowest BCUT2D eigenvalue weighted by Crippen LogP contribution is -2.44. The Hall–Kier alpha value is -1.58. The molecule has 2 saturated heterocycles. The SMILES string of the molecule is Cc1cccnc1NC(=O)N1CC2CC3CC(C2)CC1C3. The lowest BCUT2D eigenvalue weighted by atomic mass is 9.68. The van der Waals surface area contributed by atoms with Crippen LogP contribution in [-0.2, 0) is 0 Å². The van der Waals surface area contributed by atoms with Crippen molar-refractivity contribution in [2.45, 2.75) is 45.1 Å². The minimum atomic E-state index is 0.0509. The molecule has 1 N–H and O–H groups in total. The summed E-state index contributed by atoms with van der Waals surface area (Å²) in [6.07, 6.45) is 8.22. The van der Waals surface area contributed by atoms with Crippen molar-refractivity contribution in [3.63, 3.8) is 0 Å². The molecule has 0 aromatic carbocycles. The highest BCUT2D eigenvalue weighted by atomic mass is 16.2. The van der Waals surface area contributed by atoms with Gasteiger partial charge in [0, 0.05) is 18.8 Å². The molecule has 4 bridgehead atoms. The summed E-state index contributed by atoms with van der Waals surface area (Å²) in [4.78, 5) is 19.1. The summed E-state index contributed by atoms with van der Waals surface area (Å²) in [6, 6.07) is 4.39. The number of hydrogen-bond acceptors (Lipinski definition) is 2. The topological polar surface area (TPSA) is 45.2 Å². The molecule has 0 radical (unpaired) electrons. The third kappa shape index (κ3) is 2.41. The first-order valence-corrected chi connectivity index (χ1v) is 8.18. The number of anilines is 1. The number of hydrogen-bond donors (Lipinski definition) is 1. The van der Waals surface area contributed by atoms with Gasteiger partial charge in [0.25, 0.3) is 0 Å². The average Bonchev–Trinajstić information content (AvgIpc) is 2.65. The van der Waals surface area contributed by atoms with Crippen molar-refractivity contribution < 1.29 is 4.79 Å². The smallest absolute Gasteiger partial charge is 0.321 e. The normalized spacial score (nSPS) is 33.9. The molecule has 4 heteroatoms. The maximum Gasteiger partial charge on any atom is 0.323 e. The first-order valence-electron chi connectivity index (χ1n) is 8.18. The average molecular weight is 285 g/mol. The summed E-state index contributed by atoms with van der Waals surface area (Å²) in [5.74, 6) is 3.15. The first-order chi connectivity index (χ1) is 10.2. The Labute approximate surface area is 125 Å². The number of aromatic nitrogens is 1. The predicted octanol–water partition coefficient (Wildman–Crippen LogP) is 3.43. The molecule has 2 amide bonds. The van der Waals surface area contributed by atoms with Gasteiger partial charge in [0.1, 0.15) is 5.82 Å². The molecule has 2 aliphatic heterocycles. The van der Waals surface area contributed by atoms with Crippen molar-refractivity contribution in [1.82, 2.24) is 9.88 Å². The molecule has 21 heavy (non-hydrogen) atoms. The van der Waals surface area contributed by atoms with Crippen LogP contribution in [0.4, 0.5) is 10.6 Å². The van der Waals surface area contributed by atoms with Crippen LogP contribution in [0.15, 0.2) is 18.3 Å². The summed E-state index contributed by atoms with van der Waals surface area (Å²) in [6.45, 7) is 2.92. The van der Waals surface area contributed by atoms with Crippen LogP contribution in [0, 0.1) is 24.7 Å². The molecular weight excluding hydrogens is 262 g/mol. The van der Waals surface area contributed by atoms with Crippen LogP contribution in [0.25, 0.3) is 0 Å². The second kappa shape index (κ2) is 5.00. The van der Waals surface area contributed by atoms with E-state index in [9.17, 15) is 4.79 Å². The van der Waals surface area contributed by atoms with Gasteiger partial charge in [-0.1, -0.05) is 6.07 Å². The van der Waals surface area contributed by atoms with Crippen LogP contribution >= 0.6 is 0 Å². The Bertz CT molecular complexity index is 545. The van der Waals surface area contributed by atoms with Gasteiger partial charge in [-0.25, -0.2) is 9.78 Å². The van der Waals surface area contributed by atoms with Crippen molar-refractivity contribution in [1.29, 1.82) is 0 Å². The fourth-order valence-corrected chi connectivity index (χ4v) is 4.82. The Morgan fingerprint density at radius 1 is 1.19 bits per heavy atom. The summed E-state index contributed by atoms with van der Waals surface area (Å²) in [7, 11) is 0.